The molecule has 0 aliphatic carbocycles. The summed E-state index contributed by atoms with van der Waals surface area (Å²) in [4.78, 5) is 38.9. The molecular weight excluding hydrogens is 372 g/mol. The molecule has 0 radical (unpaired) electrons. The van der Waals surface area contributed by atoms with Crippen molar-refractivity contribution in [3.63, 3.8) is 0 Å². The Labute approximate surface area is 162 Å². The van der Waals surface area contributed by atoms with Crippen LogP contribution >= 0.6 is 11.6 Å². The van der Waals surface area contributed by atoms with Gasteiger partial charge < -0.3 is 15.0 Å². The molecule has 2 aliphatic rings. The Morgan fingerprint density at radius 1 is 1.15 bits per heavy atom. The van der Waals surface area contributed by atoms with E-state index in [0.717, 1.165) is 25.4 Å². The highest BCUT2D eigenvalue weighted by molar-refractivity contribution is 6.30. The summed E-state index contributed by atoms with van der Waals surface area (Å²) < 4.78 is 5.70. The predicted molar refractivity (Wildman–Crippen MR) is 99.7 cm³/mol. The minimum atomic E-state index is -0.604. The van der Waals surface area contributed by atoms with Gasteiger partial charge in [-0.1, -0.05) is 11.6 Å². The average molecular weight is 395 g/mol. The molecule has 8 nitrogen and oxygen atoms in total. The molecule has 0 spiro atoms. The second-order valence-corrected chi connectivity index (χ2v) is 7.02. The zero-order valence-electron chi connectivity index (χ0n) is 14.9. The molecular formula is C18H23ClN4O4. The molecule has 2 saturated heterocycles. The molecule has 9 heteroatoms. The lowest BCUT2D eigenvalue weighted by molar-refractivity contribution is -0.133. The average Bonchev–Trinajstić information content (AvgIpc) is 2.99. The molecule has 146 valence electrons. The molecule has 1 aromatic rings. The van der Waals surface area contributed by atoms with Crippen molar-refractivity contribution in [2.24, 2.45) is 0 Å². The Morgan fingerprint density at radius 2 is 1.85 bits per heavy atom. The summed E-state index contributed by atoms with van der Waals surface area (Å²) in [6.45, 7) is 4.25. The number of ether oxygens (including phenoxy) is 1. The van der Waals surface area contributed by atoms with Crippen LogP contribution < -0.4 is 15.4 Å². The van der Waals surface area contributed by atoms with Gasteiger partial charge in [-0.2, -0.15) is 0 Å². The molecule has 2 N–H and O–H groups in total. The van der Waals surface area contributed by atoms with Gasteiger partial charge in [-0.25, -0.2) is 4.79 Å². The van der Waals surface area contributed by atoms with Gasteiger partial charge in [-0.3, -0.25) is 19.8 Å². The second kappa shape index (κ2) is 9.05. The Kier molecular flexibility index (Phi) is 6.52. The number of rotatable bonds is 7. The summed E-state index contributed by atoms with van der Waals surface area (Å²) in [5.74, 6) is 0.440. The molecule has 27 heavy (non-hydrogen) atoms. The number of urea groups is 1. The fourth-order valence-corrected chi connectivity index (χ4v) is 3.26. The van der Waals surface area contributed by atoms with E-state index in [1.165, 1.54) is 0 Å². The summed E-state index contributed by atoms with van der Waals surface area (Å²) in [6, 6.07) is 6.17. The molecule has 1 aromatic carbocycles. The fraction of sp³-hybridized carbons (Fsp3) is 0.500. The Morgan fingerprint density at radius 3 is 2.48 bits per heavy atom. The van der Waals surface area contributed by atoms with Crippen molar-refractivity contribution in [1.29, 1.82) is 0 Å². The number of piperazine rings is 1. The molecule has 2 fully saturated rings. The van der Waals surface area contributed by atoms with Gasteiger partial charge in [0.2, 0.25) is 5.91 Å². The number of nitrogens with zero attached hydrogens (tertiary/aromatic N) is 2. The first kappa shape index (κ1) is 19.4. The largest absolute Gasteiger partial charge is 0.492 e. The first-order valence-electron chi connectivity index (χ1n) is 9.01. The smallest absolute Gasteiger partial charge is 0.322 e. The number of amides is 4. The van der Waals surface area contributed by atoms with Crippen molar-refractivity contribution in [1.82, 2.24) is 20.4 Å². The van der Waals surface area contributed by atoms with Crippen molar-refractivity contribution in [3.8, 4) is 5.75 Å². The van der Waals surface area contributed by atoms with E-state index < -0.39 is 12.1 Å². The molecule has 2 heterocycles. The van der Waals surface area contributed by atoms with E-state index in [0.29, 0.717) is 31.1 Å². The minimum Gasteiger partial charge on any atom is -0.492 e. The maximum absolute atomic E-state index is 12.3. The molecule has 4 amide bonds. The van der Waals surface area contributed by atoms with E-state index in [1.807, 2.05) is 17.0 Å². The molecule has 0 aromatic heterocycles. The minimum absolute atomic E-state index is 0.0148. The normalized spacial score (nSPS) is 20.3. The van der Waals surface area contributed by atoms with Crippen molar-refractivity contribution in [2.75, 3.05) is 39.3 Å². The zero-order valence-corrected chi connectivity index (χ0v) is 15.7. The number of carbonyl (C=O) groups excluding carboxylic acids is 3. The highest BCUT2D eigenvalue weighted by Crippen LogP contribution is 2.15. The second-order valence-electron chi connectivity index (χ2n) is 6.58. The van der Waals surface area contributed by atoms with Gasteiger partial charge in [0.05, 0.1) is 0 Å². The highest BCUT2D eigenvalue weighted by Gasteiger charge is 2.30. The Bertz CT molecular complexity index is 689. The third kappa shape index (κ3) is 5.58. The lowest BCUT2D eigenvalue weighted by Crippen LogP contribution is -2.49. The summed E-state index contributed by atoms with van der Waals surface area (Å²) in [5.41, 5.74) is 0. The van der Waals surface area contributed by atoms with Crippen LogP contribution in [-0.2, 0) is 9.59 Å². The van der Waals surface area contributed by atoms with Crippen molar-refractivity contribution < 1.29 is 19.1 Å². The summed E-state index contributed by atoms with van der Waals surface area (Å²) in [5, 5.41) is 5.36. The molecule has 3 rings (SSSR count). The van der Waals surface area contributed by atoms with Crippen LogP contribution in [0.25, 0.3) is 0 Å². The van der Waals surface area contributed by atoms with Crippen molar-refractivity contribution in [2.45, 2.75) is 18.9 Å². The monoisotopic (exact) mass is 394 g/mol. The van der Waals surface area contributed by atoms with Crippen LogP contribution in [0.4, 0.5) is 4.79 Å². The maximum Gasteiger partial charge on any atom is 0.322 e. The number of carbonyl (C=O) groups is 3. The van der Waals surface area contributed by atoms with Gasteiger partial charge in [-0.05, 0) is 30.7 Å². The van der Waals surface area contributed by atoms with Crippen LogP contribution in [0.3, 0.4) is 0 Å². The van der Waals surface area contributed by atoms with E-state index >= 15 is 0 Å². The van der Waals surface area contributed by atoms with E-state index in [2.05, 4.69) is 15.5 Å². The zero-order chi connectivity index (χ0) is 19.2. The topological polar surface area (TPSA) is 91.0 Å². The van der Waals surface area contributed by atoms with Crippen LogP contribution in [0.2, 0.25) is 5.02 Å². The number of imide groups is 1. The molecule has 1 atom stereocenters. The number of nitrogens with one attached hydrogen (secondary N) is 2. The number of benzene rings is 1. The third-order valence-corrected chi connectivity index (χ3v) is 4.97. The quantitative estimate of drug-likeness (QED) is 0.669. The van der Waals surface area contributed by atoms with E-state index in [4.69, 9.17) is 16.3 Å². The van der Waals surface area contributed by atoms with E-state index in [9.17, 15) is 14.4 Å². The molecule has 0 saturated carbocycles. The van der Waals surface area contributed by atoms with Gasteiger partial charge in [0.1, 0.15) is 18.4 Å². The molecule has 2 aliphatic heterocycles. The first-order valence-corrected chi connectivity index (χ1v) is 9.39. The summed E-state index contributed by atoms with van der Waals surface area (Å²) in [7, 11) is 0. The first-order chi connectivity index (χ1) is 13.0. The predicted octanol–water partition coefficient (Wildman–Crippen LogP) is 0.851. The van der Waals surface area contributed by atoms with Crippen LogP contribution in [0.5, 0.6) is 5.75 Å². The summed E-state index contributed by atoms with van der Waals surface area (Å²) in [6.07, 6.45) is 0.573. The van der Waals surface area contributed by atoms with Crippen LogP contribution in [0, 0.1) is 0 Å². The van der Waals surface area contributed by atoms with Crippen LogP contribution in [0.1, 0.15) is 12.8 Å². The molecule has 0 unspecified atom stereocenters. The standard InChI is InChI=1S/C18H23ClN4O4/c19-13-1-3-14(4-2-13)27-12-11-22-7-9-23(10-8-22)16(24)6-5-15-17(25)21-18(26)20-15/h1-4,15H,5-12H2,(H2,20,21,25,26)/t15-/m1/s1. The number of hydrogen-bond donors (Lipinski definition) is 2. The SMILES string of the molecule is O=C1NC(=O)[C@@H](CCC(=O)N2CCN(CCOc3ccc(Cl)cc3)CC2)N1. The van der Waals surface area contributed by atoms with Gasteiger partial charge in [-0.15, -0.1) is 0 Å². The maximum atomic E-state index is 12.3. The Hall–Kier alpha value is -2.32. The van der Waals surface area contributed by atoms with E-state index in [1.54, 1.807) is 12.1 Å². The van der Waals surface area contributed by atoms with Crippen LogP contribution in [0.15, 0.2) is 24.3 Å². The van der Waals surface area contributed by atoms with Gasteiger partial charge >= 0.3 is 6.03 Å². The molecule has 0 bridgehead atoms. The number of halogens is 1. The highest BCUT2D eigenvalue weighted by atomic mass is 35.5. The number of hydrogen-bond acceptors (Lipinski definition) is 5. The summed E-state index contributed by atoms with van der Waals surface area (Å²) >= 11 is 5.85. The lowest BCUT2D eigenvalue weighted by Gasteiger charge is -2.34. The lowest BCUT2D eigenvalue weighted by atomic mass is 10.1. The van der Waals surface area contributed by atoms with Gasteiger partial charge in [0, 0.05) is 44.2 Å². The van der Waals surface area contributed by atoms with Crippen molar-refractivity contribution >= 4 is 29.4 Å². The Balaban J connectivity index is 1.32. The third-order valence-electron chi connectivity index (χ3n) is 4.72. The van der Waals surface area contributed by atoms with E-state index in [-0.39, 0.29) is 18.2 Å². The van der Waals surface area contributed by atoms with Crippen LogP contribution in [-0.4, -0.2) is 73.0 Å². The van der Waals surface area contributed by atoms with Gasteiger partial charge in [0.15, 0.2) is 0 Å². The van der Waals surface area contributed by atoms with Gasteiger partial charge in [0.25, 0.3) is 5.91 Å². The van der Waals surface area contributed by atoms with Crippen molar-refractivity contribution in [3.05, 3.63) is 29.3 Å². The fourth-order valence-electron chi connectivity index (χ4n) is 3.13.